The van der Waals surface area contributed by atoms with Crippen LogP contribution >= 0.6 is 0 Å². The molecule has 1 heterocycles. The van der Waals surface area contributed by atoms with Crippen molar-refractivity contribution >= 4 is 27.9 Å². The number of nitrogens with one attached hydrogen (secondary N) is 3. The zero-order valence-electron chi connectivity index (χ0n) is 22.3. The summed E-state index contributed by atoms with van der Waals surface area (Å²) < 4.78 is 37.5. The number of aromatic nitrogens is 2. The van der Waals surface area contributed by atoms with E-state index in [0.717, 1.165) is 5.82 Å². The Morgan fingerprint density at radius 2 is 1.62 bits per heavy atom. The number of nitrogens with zero attached hydrogens (tertiary/aromatic N) is 1. The summed E-state index contributed by atoms with van der Waals surface area (Å²) in [7, 11) is -3.97. The van der Waals surface area contributed by atoms with Crippen molar-refractivity contribution in [3.8, 4) is 0 Å². The summed E-state index contributed by atoms with van der Waals surface area (Å²) in [6, 6.07) is 14.8. The largest absolute Gasteiger partial charge is 0.465 e. The molecule has 3 aromatic rings. The number of carbonyl (C=O) groups excluding carboxylic acids is 3. The average Bonchev–Trinajstić information content (AvgIpc) is 3.40. The van der Waals surface area contributed by atoms with Gasteiger partial charge in [-0.25, -0.2) is 13.4 Å². The number of sulfonamides is 1. The zero-order valence-corrected chi connectivity index (χ0v) is 23.2. The maximum Gasteiger partial charge on any atom is 0.326 e. The van der Waals surface area contributed by atoms with Crippen molar-refractivity contribution in [2.24, 2.45) is 0 Å². The first-order valence-electron chi connectivity index (χ1n) is 12.1. The van der Waals surface area contributed by atoms with E-state index >= 15 is 0 Å². The molecule has 11 nitrogen and oxygen atoms in total. The Balaban J connectivity index is 0.000000404. The van der Waals surface area contributed by atoms with Gasteiger partial charge in [0.05, 0.1) is 11.5 Å². The lowest BCUT2D eigenvalue weighted by Gasteiger charge is -2.24. The van der Waals surface area contributed by atoms with Crippen LogP contribution in [0.15, 0.2) is 78.0 Å². The lowest BCUT2D eigenvalue weighted by Crippen LogP contribution is -2.50. The highest BCUT2D eigenvalue weighted by Gasteiger charge is 2.30. The maximum atomic E-state index is 12.6. The first-order chi connectivity index (χ1) is 18.4. The molecule has 12 heteroatoms. The highest BCUT2D eigenvalue weighted by molar-refractivity contribution is 7.89. The van der Waals surface area contributed by atoms with Gasteiger partial charge in [-0.1, -0.05) is 36.4 Å². The van der Waals surface area contributed by atoms with Gasteiger partial charge in [-0.2, -0.15) is 4.72 Å². The van der Waals surface area contributed by atoms with Crippen LogP contribution in [0, 0.1) is 0 Å². The van der Waals surface area contributed by atoms with Gasteiger partial charge >= 0.3 is 11.9 Å². The fourth-order valence-corrected chi connectivity index (χ4v) is 4.22. The van der Waals surface area contributed by atoms with E-state index in [9.17, 15) is 22.8 Å². The molecule has 1 aromatic heterocycles. The van der Waals surface area contributed by atoms with Crippen molar-refractivity contribution in [1.82, 2.24) is 20.0 Å². The predicted molar refractivity (Wildman–Crippen MR) is 144 cm³/mol. The Labute approximate surface area is 228 Å². The van der Waals surface area contributed by atoms with Gasteiger partial charge in [-0.15, -0.1) is 0 Å². The highest BCUT2D eigenvalue weighted by Crippen LogP contribution is 2.12. The quantitative estimate of drug-likeness (QED) is 0.321. The van der Waals surface area contributed by atoms with Crippen LogP contribution in [0.5, 0.6) is 0 Å². The monoisotopic (exact) mass is 558 g/mol. The number of hydrogen-bond acceptors (Lipinski definition) is 8. The summed E-state index contributed by atoms with van der Waals surface area (Å²) >= 11 is 0. The van der Waals surface area contributed by atoms with Crippen LogP contribution in [-0.4, -0.2) is 61.0 Å². The molecule has 0 aliphatic rings. The molecule has 0 aliphatic heterocycles. The summed E-state index contributed by atoms with van der Waals surface area (Å²) in [5.41, 5.74) is -0.409. The van der Waals surface area contributed by atoms with Crippen molar-refractivity contribution in [1.29, 1.82) is 0 Å². The molecule has 0 bridgehead atoms. The van der Waals surface area contributed by atoms with Crippen LogP contribution in [0.25, 0.3) is 0 Å². The molecule has 210 valence electrons. The Morgan fingerprint density at radius 3 is 2.15 bits per heavy atom. The Hall–Kier alpha value is -4.03. The summed E-state index contributed by atoms with van der Waals surface area (Å²) in [5, 5.41) is 2.57. The van der Waals surface area contributed by atoms with Crippen molar-refractivity contribution in [3.05, 3.63) is 84.4 Å². The van der Waals surface area contributed by atoms with Crippen molar-refractivity contribution in [2.75, 3.05) is 13.2 Å². The van der Waals surface area contributed by atoms with Crippen molar-refractivity contribution in [3.63, 3.8) is 0 Å². The molecule has 0 aliphatic carbocycles. The predicted octanol–water partition coefficient (Wildman–Crippen LogP) is 2.62. The molecule has 0 fully saturated rings. The lowest BCUT2D eigenvalue weighted by molar-refractivity contribution is -0.156. The molecule has 1 unspecified atom stereocenters. The van der Waals surface area contributed by atoms with E-state index in [2.05, 4.69) is 20.0 Å². The smallest absolute Gasteiger partial charge is 0.326 e. The number of amides is 1. The van der Waals surface area contributed by atoms with Crippen LogP contribution in [0.3, 0.4) is 0 Å². The molecular formula is C27H34N4O7S. The Bertz CT molecular complexity index is 1290. The third-order valence-electron chi connectivity index (χ3n) is 4.74. The van der Waals surface area contributed by atoms with E-state index in [4.69, 9.17) is 9.47 Å². The second-order valence-electron chi connectivity index (χ2n) is 9.22. The van der Waals surface area contributed by atoms with Gasteiger partial charge in [-0.05, 0) is 45.0 Å². The zero-order chi connectivity index (χ0) is 28.9. The summed E-state index contributed by atoms with van der Waals surface area (Å²) in [4.78, 5) is 42.0. The van der Waals surface area contributed by atoms with E-state index in [1.165, 1.54) is 19.1 Å². The van der Waals surface area contributed by atoms with Crippen LogP contribution in [-0.2, 0) is 35.5 Å². The molecule has 39 heavy (non-hydrogen) atoms. The summed E-state index contributed by atoms with van der Waals surface area (Å²) in [6.45, 7) is 6.56. The fraction of sp³-hybridized carbons (Fsp3) is 0.333. The van der Waals surface area contributed by atoms with Crippen molar-refractivity contribution in [2.45, 2.75) is 50.7 Å². The standard InChI is InChI=1S/C20H24N2O5S.C7H10N2O2/c1-20(2,3)27-19(24)17(14-21-18(23)15-10-6-4-7-11-15)22-28(25,26)16-12-8-5-9-13-16;1-6(10)11-5-2-7-8-3-4-9-7/h4-13,17,22H,14H2,1-3H3,(H,21,23);3-4H,2,5H2,1H3,(H,8,9). The first-order valence-corrected chi connectivity index (χ1v) is 13.6. The van der Waals surface area contributed by atoms with E-state index in [-0.39, 0.29) is 17.4 Å². The molecule has 0 radical (unpaired) electrons. The van der Waals surface area contributed by atoms with Gasteiger partial charge in [0.15, 0.2) is 0 Å². The SMILES string of the molecule is CC(=O)OCCc1ncc[nH]1.CC(C)(C)OC(=O)C(CNC(=O)c1ccccc1)NS(=O)(=O)c1ccccc1. The molecule has 3 N–H and O–H groups in total. The molecule has 3 rings (SSSR count). The maximum absolute atomic E-state index is 12.6. The number of esters is 2. The second-order valence-corrected chi connectivity index (χ2v) is 10.9. The van der Waals surface area contributed by atoms with E-state index in [0.29, 0.717) is 18.6 Å². The van der Waals surface area contributed by atoms with Crippen LogP contribution < -0.4 is 10.0 Å². The summed E-state index contributed by atoms with van der Waals surface area (Å²) in [5.74, 6) is -0.615. The minimum Gasteiger partial charge on any atom is -0.465 e. The van der Waals surface area contributed by atoms with E-state index < -0.39 is 33.5 Å². The van der Waals surface area contributed by atoms with Gasteiger partial charge in [0, 0.05) is 37.8 Å². The van der Waals surface area contributed by atoms with E-state index in [1.807, 2.05) is 0 Å². The Morgan fingerprint density at radius 1 is 1.00 bits per heavy atom. The molecule has 0 spiro atoms. The summed E-state index contributed by atoms with van der Waals surface area (Å²) in [6.07, 6.45) is 4.05. The van der Waals surface area contributed by atoms with Crippen molar-refractivity contribution < 1.29 is 32.3 Å². The number of rotatable bonds is 10. The van der Waals surface area contributed by atoms with Crippen LogP contribution in [0.1, 0.15) is 43.9 Å². The minimum absolute atomic E-state index is 0.0120. The number of carbonyl (C=O) groups is 3. The third-order valence-corrected chi connectivity index (χ3v) is 6.23. The molecule has 2 aromatic carbocycles. The molecule has 1 atom stereocenters. The highest BCUT2D eigenvalue weighted by atomic mass is 32.2. The van der Waals surface area contributed by atoms with Crippen LogP contribution in [0.2, 0.25) is 0 Å². The minimum atomic E-state index is -3.97. The number of hydrogen-bond donors (Lipinski definition) is 3. The Kier molecular flexibility index (Phi) is 11.8. The first kappa shape index (κ1) is 31.2. The van der Waals surface area contributed by atoms with Gasteiger partial charge < -0.3 is 19.8 Å². The average molecular weight is 559 g/mol. The molecular weight excluding hydrogens is 524 g/mol. The van der Waals surface area contributed by atoms with Gasteiger partial charge in [0.2, 0.25) is 10.0 Å². The van der Waals surface area contributed by atoms with Gasteiger partial charge in [0.1, 0.15) is 17.5 Å². The number of H-pyrrole nitrogens is 1. The molecule has 0 saturated heterocycles. The topological polar surface area (TPSA) is 157 Å². The number of aromatic amines is 1. The van der Waals surface area contributed by atoms with Gasteiger partial charge in [-0.3, -0.25) is 14.4 Å². The van der Waals surface area contributed by atoms with Gasteiger partial charge in [0.25, 0.3) is 5.91 Å². The third kappa shape index (κ3) is 11.9. The molecule has 0 saturated carbocycles. The van der Waals surface area contributed by atoms with Crippen LogP contribution in [0.4, 0.5) is 0 Å². The number of ether oxygens (including phenoxy) is 2. The lowest BCUT2D eigenvalue weighted by atomic mass is 10.2. The second kappa shape index (κ2) is 14.8. The fourth-order valence-electron chi connectivity index (χ4n) is 3.01. The number of imidazole rings is 1. The molecule has 1 amide bonds. The normalized spacial score (nSPS) is 11.9. The van der Waals surface area contributed by atoms with E-state index in [1.54, 1.807) is 81.7 Å². The number of benzene rings is 2.